The summed E-state index contributed by atoms with van der Waals surface area (Å²) < 4.78 is 0. The first-order valence-electron chi connectivity index (χ1n) is 4.16. The second kappa shape index (κ2) is 2.37. The number of likely N-dealkylation sites (tertiary alicyclic amines) is 1. The van der Waals surface area contributed by atoms with Crippen molar-refractivity contribution in [2.45, 2.75) is 25.4 Å². The van der Waals surface area contributed by atoms with Gasteiger partial charge in [0.05, 0.1) is 6.04 Å². The van der Waals surface area contributed by atoms with Crippen LogP contribution in [0.1, 0.15) is 13.3 Å². The third kappa shape index (κ3) is 1.02. The van der Waals surface area contributed by atoms with Crippen molar-refractivity contribution in [2.75, 3.05) is 6.54 Å². The number of hydrogen-bond donors (Lipinski definition) is 1. The monoisotopic (exact) mass is 165 g/mol. The van der Waals surface area contributed by atoms with E-state index < -0.39 is 0 Å². The molecule has 2 rings (SSSR count). The van der Waals surface area contributed by atoms with Gasteiger partial charge < -0.3 is 10.2 Å². The van der Waals surface area contributed by atoms with Gasteiger partial charge in [-0.1, -0.05) is 0 Å². The average Bonchev–Trinajstić information content (AvgIpc) is 2.71. The zero-order valence-electron chi connectivity index (χ0n) is 6.95. The Morgan fingerprint density at radius 3 is 3.00 bits per heavy atom. The molecule has 0 radical (unpaired) electrons. The molecular formula is C8H11N3O. The largest absolute Gasteiger partial charge is 0.351 e. The van der Waals surface area contributed by atoms with Crippen LogP contribution < -0.4 is 5.32 Å². The van der Waals surface area contributed by atoms with Crippen molar-refractivity contribution in [2.24, 2.45) is 5.92 Å². The molecule has 2 aliphatic rings. The summed E-state index contributed by atoms with van der Waals surface area (Å²) in [7, 11) is 0. The molecule has 1 aliphatic carbocycles. The summed E-state index contributed by atoms with van der Waals surface area (Å²) >= 11 is 0. The number of fused-ring (bicyclic) bond motifs is 1. The van der Waals surface area contributed by atoms with Crippen LogP contribution in [0.5, 0.6) is 0 Å². The van der Waals surface area contributed by atoms with E-state index in [4.69, 9.17) is 5.26 Å². The number of piperidine rings is 1. The van der Waals surface area contributed by atoms with E-state index >= 15 is 0 Å². The number of amides is 1. The van der Waals surface area contributed by atoms with Gasteiger partial charge in [-0.3, -0.25) is 4.79 Å². The number of carbonyl (C=O) groups excluding carboxylic acids is 1. The number of hydrogen-bond acceptors (Lipinski definition) is 3. The Morgan fingerprint density at radius 1 is 1.75 bits per heavy atom. The topological polar surface area (TPSA) is 56.1 Å². The smallest absolute Gasteiger partial charge is 0.217 e. The normalized spacial score (nSPS) is 37.0. The zero-order chi connectivity index (χ0) is 8.72. The second-order valence-electron chi connectivity index (χ2n) is 3.53. The predicted molar refractivity (Wildman–Crippen MR) is 41.8 cm³/mol. The number of nitriles is 1. The molecule has 12 heavy (non-hydrogen) atoms. The molecule has 1 saturated heterocycles. The Morgan fingerprint density at radius 2 is 2.50 bits per heavy atom. The molecule has 1 N–H and O–H groups in total. The summed E-state index contributed by atoms with van der Waals surface area (Å²) in [6, 6.07) is 0.638. The summed E-state index contributed by atoms with van der Waals surface area (Å²) in [5, 5.41) is 11.5. The van der Waals surface area contributed by atoms with E-state index in [2.05, 4.69) is 11.5 Å². The third-order valence-corrected chi connectivity index (χ3v) is 2.63. The molecule has 1 saturated carbocycles. The lowest BCUT2D eigenvalue weighted by atomic mass is 10.2. The molecule has 1 amide bonds. The van der Waals surface area contributed by atoms with E-state index in [0.29, 0.717) is 18.5 Å². The summed E-state index contributed by atoms with van der Waals surface area (Å²) in [5.41, 5.74) is 0. The van der Waals surface area contributed by atoms with Crippen molar-refractivity contribution in [3.8, 4) is 6.19 Å². The lowest BCUT2D eigenvalue weighted by molar-refractivity contribution is -0.119. The van der Waals surface area contributed by atoms with Gasteiger partial charge in [0.2, 0.25) is 5.91 Å². The van der Waals surface area contributed by atoms with Crippen LogP contribution in [0.15, 0.2) is 0 Å². The Labute approximate surface area is 71.1 Å². The summed E-state index contributed by atoms with van der Waals surface area (Å²) in [5.74, 6) is 0.541. The number of rotatable bonds is 1. The fraction of sp³-hybridized carbons (Fsp3) is 0.750. The zero-order valence-corrected chi connectivity index (χ0v) is 6.95. The van der Waals surface area contributed by atoms with Gasteiger partial charge in [-0.05, 0) is 6.42 Å². The molecule has 0 aromatic carbocycles. The Hall–Kier alpha value is -1.24. The number of nitrogens with zero attached hydrogens (tertiary/aromatic N) is 2. The van der Waals surface area contributed by atoms with Crippen LogP contribution in [0.3, 0.4) is 0 Å². The molecule has 64 valence electrons. The minimum absolute atomic E-state index is 0.00504. The standard InChI is InChI=1S/C8H11N3O/c1-5(12)10-7-3-11(4-9)8-2-6(7)8/h6-8H,2-3H2,1H3,(H,10,12). The van der Waals surface area contributed by atoms with Crippen LogP contribution in [0.2, 0.25) is 0 Å². The van der Waals surface area contributed by atoms with Crippen LogP contribution in [-0.2, 0) is 4.79 Å². The molecule has 0 aromatic rings. The van der Waals surface area contributed by atoms with Crippen LogP contribution in [0.25, 0.3) is 0 Å². The maximum atomic E-state index is 10.7. The molecule has 1 aliphatic heterocycles. The first-order valence-corrected chi connectivity index (χ1v) is 4.16. The van der Waals surface area contributed by atoms with Gasteiger partial charge in [-0.15, -0.1) is 0 Å². The lowest BCUT2D eigenvalue weighted by Gasteiger charge is -2.14. The van der Waals surface area contributed by atoms with E-state index in [0.717, 1.165) is 6.42 Å². The quantitative estimate of drug-likeness (QED) is 0.541. The molecule has 4 nitrogen and oxygen atoms in total. The fourth-order valence-corrected chi connectivity index (χ4v) is 2.00. The molecule has 0 bridgehead atoms. The van der Waals surface area contributed by atoms with E-state index in [1.54, 1.807) is 4.90 Å². The maximum absolute atomic E-state index is 10.7. The van der Waals surface area contributed by atoms with Crippen molar-refractivity contribution >= 4 is 5.91 Å². The highest BCUT2D eigenvalue weighted by atomic mass is 16.1. The van der Waals surface area contributed by atoms with Gasteiger partial charge in [0, 0.05) is 25.4 Å². The van der Waals surface area contributed by atoms with Crippen molar-refractivity contribution in [1.82, 2.24) is 10.2 Å². The summed E-state index contributed by atoms with van der Waals surface area (Å²) in [6.07, 6.45) is 3.21. The highest BCUT2D eigenvalue weighted by Crippen LogP contribution is 2.43. The summed E-state index contributed by atoms with van der Waals surface area (Å²) in [6.45, 7) is 2.22. The predicted octanol–water partition coefficient (Wildman–Crippen LogP) is -0.324. The van der Waals surface area contributed by atoms with Crippen molar-refractivity contribution in [3.05, 3.63) is 0 Å². The van der Waals surface area contributed by atoms with Crippen molar-refractivity contribution in [3.63, 3.8) is 0 Å². The number of carbonyl (C=O) groups is 1. The second-order valence-corrected chi connectivity index (χ2v) is 3.53. The molecule has 4 heteroatoms. The maximum Gasteiger partial charge on any atom is 0.217 e. The van der Waals surface area contributed by atoms with Gasteiger partial charge in [0.1, 0.15) is 0 Å². The summed E-state index contributed by atoms with van der Waals surface area (Å²) in [4.78, 5) is 12.5. The molecule has 0 aromatic heterocycles. The third-order valence-electron chi connectivity index (χ3n) is 2.63. The van der Waals surface area contributed by atoms with Gasteiger partial charge in [-0.25, -0.2) is 0 Å². The van der Waals surface area contributed by atoms with Gasteiger partial charge in [0.15, 0.2) is 6.19 Å². The molecule has 2 fully saturated rings. The lowest BCUT2D eigenvalue weighted by Crippen LogP contribution is -2.38. The highest BCUT2D eigenvalue weighted by molar-refractivity contribution is 5.73. The van der Waals surface area contributed by atoms with E-state index in [1.165, 1.54) is 6.92 Å². The Bertz CT molecular complexity index is 258. The average molecular weight is 165 g/mol. The van der Waals surface area contributed by atoms with Crippen molar-refractivity contribution in [1.29, 1.82) is 5.26 Å². The molecular weight excluding hydrogens is 154 g/mol. The minimum atomic E-state index is 0.00504. The van der Waals surface area contributed by atoms with E-state index in [9.17, 15) is 4.79 Å². The van der Waals surface area contributed by atoms with Gasteiger partial charge in [0.25, 0.3) is 0 Å². The Kier molecular flexibility index (Phi) is 1.47. The van der Waals surface area contributed by atoms with Crippen LogP contribution in [0, 0.1) is 17.4 Å². The van der Waals surface area contributed by atoms with Gasteiger partial charge >= 0.3 is 0 Å². The van der Waals surface area contributed by atoms with Crippen LogP contribution in [-0.4, -0.2) is 29.4 Å². The van der Waals surface area contributed by atoms with Gasteiger partial charge in [-0.2, -0.15) is 5.26 Å². The minimum Gasteiger partial charge on any atom is -0.351 e. The van der Waals surface area contributed by atoms with Crippen LogP contribution in [0.4, 0.5) is 0 Å². The van der Waals surface area contributed by atoms with Crippen LogP contribution >= 0.6 is 0 Å². The molecule has 3 atom stereocenters. The molecule has 3 unspecified atom stereocenters. The van der Waals surface area contributed by atoms with Crippen molar-refractivity contribution < 1.29 is 4.79 Å². The van der Waals surface area contributed by atoms with E-state index in [-0.39, 0.29) is 11.9 Å². The molecule has 0 spiro atoms. The fourth-order valence-electron chi connectivity index (χ4n) is 2.00. The first-order chi connectivity index (χ1) is 5.72. The SMILES string of the molecule is CC(=O)NC1CN(C#N)C2CC12. The highest BCUT2D eigenvalue weighted by Gasteiger charge is 2.53. The molecule has 1 heterocycles. The number of nitrogens with one attached hydrogen (secondary N) is 1. The first kappa shape index (κ1) is 7.41. The van der Waals surface area contributed by atoms with E-state index in [1.807, 2.05) is 0 Å². The Balaban J connectivity index is 1.96.